The highest BCUT2D eigenvalue weighted by Gasteiger charge is 2.21. The standard InChI is InChI=1S/C30H24/c1-19-11-12-24-17-25-14-13-21(18-29(25)28(24)15-19)20(2)30-26-9-5-3-7-22(26)16-23-8-4-6-10-27(23)30/h3-16,18,20H,17H2,1-2H3. The molecule has 5 aromatic rings. The van der Waals surface area contributed by atoms with Crippen molar-refractivity contribution in [2.75, 3.05) is 0 Å². The third-order valence-corrected chi connectivity index (χ3v) is 6.82. The van der Waals surface area contributed by atoms with Crippen LogP contribution in [-0.4, -0.2) is 0 Å². The first-order valence-electron chi connectivity index (χ1n) is 10.8. The van der Waals surface area contributed by atoms with Crippen LogP contribution in [0.5, 0.6) is 0 Å². The van der Waals surface area contributed by atoms with Crippen LogP contribution in [0, 0.1) is 6.92 Å². The molecule has 0 nitrogen and oxygen atoms in total. The summed E-state index contributed by atoms with van der Waals surface area (Å²) < 4.78 is 0. The predicted octanol–water partition coefficient (Wildman–Crippen LogP) is 8.02. The lowest BCUT2D eigenvalue weighted by Gasteiger charge is -2.19. The Morgan fingerprint density at radius 2 is 1.23 bits per heavy atom. The molecule has 0 amide bonds. The second-order valence-corrected chi connectivity index (χ2v) is 8.71. The molecule has 1 aliphatic carbocycles. The van der Waals surface area contributed by atoms with Gasteiger partial charge < -0.3 is 0 Å². The summed E-state index contributed by atoms with van der Waals surface area (Å²) in [6, 6.07) is 34.0. The van der Waals surface area contributed by atoms with E-state index in [1.807, 2.05) is 0 Å². The van der Waals surface area contributed by atoms with Crippen molar-refractivity contribution < 1.29 is 0 Å². The fourth-order valence-electron chi connectivity index (χ4n) is 5.25. The maximum absolute atomic E-state index is 2.45. The molecule has 0 saturated carbocycles. The Kier molecular flexibility index (Phi) is 3.83. The van der Waals surface area contributed by atoms with Crippen LogP contribution in [0.3, 0.4) is 0 Å². The Balaban J connectivity index is 1.57. The molecule has 1 atom stereocenters. The molecule has 144 valence electrons. The third kappa shape index (κ3) is 2.60. The van der Waals surface area contributed by atoms with Gasteiger partial charge in [-0.3, -0.25) is 0 Å². The normalized spacial score (nSPS) is 13.4. The largest absolute Gasteiger partial charge is 0.0616 e. The van der Waals surface area contributed by atoms with Gasteiger partial charge in [0, 0.05) is 5.92 Å². The summed E-state index contributed by atoms with van der Waals surface area (Å²) in [6.07, 6.45) is 1.05. The highest BCUT2D eigenvalue weighted by molar-refractivity contribution is 6.03. The van der Waals surface area contributed by atoms with Crippen molar-refractivity contribution in [2.45, 2.75) is 26.2 Å². The smallest absolute Gasteiger partial charge is 0.00735 e. The highest BCUT2D eigenvalue weighted by atomic mass is 14.3. The van der Waals surface area contributed by atoms with Crippen molar-refractivity contribution in [2.24, 2.45) is 0 Å². The van der Waals surface area contributed by atoms with E-state index < -0.39 is 0 Å². The number of aryl methyl sites for hydroxylation is 1. The molecule has 1 unspecified atom stereocenters. The summed E-state index contributed by atoms with van der Waals surface area (Å²) in [5.41, 5.74) is 9.91. The minimum atomic E-state index is 0.320. The molecular weight excluding hydrogens is 360 g/mol. The van der Waals surface area contributed by atoms with Crippen LogP contribution in [0.15, 0.2) is 91.0 Å². The van der Waals surface area contributed by atoms with Crippen molar-refractivity contribution in [3.05, 3.63) is 119 Å². The number of hydrogen-bond acceptors (Lipinski definition) is 0. The van der Waals surface area contributed by atoms with E-state index in [1.165, 1.54) is 60.5 Å². The molecule has 0 heteroatoms. The zero-order valence-corrected chi connectivity index (χ0v) is 17.4. The second kappa shape index (κ2) is 6.57. The lowest BCUT2D eigenvalue weighted by molar-refractivity contribution is 0.942. The van der Waals surface area contributed by atoms with Gasteiger partial charge in [-0.05, 0) is 74.3 Å². The summed E-state index contributed by atoms with van der Waals surface area (Å²) >= 11 is 0. The van der Waals surface area contributed by atoms with Crippen LogP contribution in [0.25, 0.3) is 32.7 Å². The second-order valence-electron chi connectivity index (χ2n) is 8.71. The first-order chi connectivity index (χ1) is 14.7. The summed E-state index contributed by atoms with van der Waals surface area (Å²) in [4.78, 5) is 0. The molecule has 0 N–H and O–H groups in total. The van der Waals surface area contributed by atoms with Crippen LogP contribution >= 0.6 is 0 Å². The van der Waals surface area contributed by atoms with E-state index in [4.69, 9.17) is 0 Å². The molecule has 0 aliphatic heterocycles. The molecule has 30 heavy (non-hydrogen) atoms. The minimum Gasteiger partial charge on any atom is -0.0616 e. The highest BCUT2D eigenvalue weighted by Crippen LogP contribution is 2.42. The lowest BCUT2D eigenvalue weighted by Crippen LogP contribution is -2.00. The van der Waals surface area contributed by atoms with E-state index >= 15 is 0 Å². The van der Waals surface area contributed by atoms with Crippen LogP contribution in [0.1, 0.15) is 40.7 Å². The predicted molar refractivity (Wildman–Crippen MR) is 128 cm³/mol. The van der Waals surface area contributed by atoms with Crippen LogP contribution < -0.4 is 0 Å². The van der Waals surface area contributed by atoms with Crippen LogP contribution in [0.4, 0.5) is 0 Å². The minimum absolute atomic E-state index is 0.320. The molecule has 5 aromatic carbocycles. The molecule has 0 fully saturated rings. The van der Waals surface area contributed by atoms with Gasteiger partial charge in [0.25, 0.3) is 0 Å². The van der Waals surface area contributed by atoms with Gasteiger partial charge in [-0.1, -0.05) is 97.4 Å². The number of rotatable bonds is 2. The van der Waals surface area contributed by atoms with Crippen LogP contribution in [0.2, 0.25) is 0 Å². The maximum atomic E-state index is 2.45. The van der Waals surface area contributed by atoms with Crippen molar-refractivity contribution in [3.63, 3.8) is 0 Å². The molecule has 6 rings (SSSR count). The Morgan fingerprint density at radius 3 is 1.93 bits per heavy atom. The Labute approximate surface area is 177 Å². The molecular formula is C30H24. The quantitative estimate of drug-likeness (QED) is 0.265. The molecule has 0 heterocycles. The van der Waals surface area contributed by atoms with Crippen molar-refractivity contribution in [1.82, 2.24) is 0 Å². The molecule has 0 aromatic heterocycles. The maximum Gasteiger partial charge on any atom is 0.00735 e. The molecule has 1 aliphatic rings. The lowest BCUT2D eigenvalue weighted by atomic mass is 9.84. The van der Waals surface area contributed by atoms with Gasteiger partial charge in [-0.15, -0.1) is 0 Å². The number of benzene rings is 5. The van der Waals surface area contributed by atoms with E-state index in [0.29, 0.717) is 5.92 Å². The van der Waals surface area contributed by atoms with Crippen molar-refractivity contribution >= 4 is 21.5 Å². The average molecular weight is 385 g/mol. The van der Waals surface area contributed by atoms with Crippen molar-refractivity contribution in [1.29, 1.82) is 0 Å². The van der Waals surface area contributed by atoms with E-state index in [0.717, 1.165) is 6.42 Å². The Hall–Kier alpha value is -3.38. The topological polar surface area (TPSA) is 0 Å². The van der Waals surface area contributed by atoms with E-state index in [1.54, 1.807) is 0 Å². The van der Waals surface area contributed by atoms with Crippen molar-refractivity contribution in [3.8, 4) is 11.1 Å². The van der Waals surface area contributed by atoms with Gasteiger partial charge in [0.1, 0.15) is 0 Å². The Bertz CT molecular complexity index is 1380. The number of fused-ring (bicyclic) bond motifs is 5. The number of hydrogen-bond donors (Lipinski definition) is 0. The molecule has 0 bridgehead atoms. The SMILES string of the molecule is Cc1ccc2c(c1)-c1cc(C(C)c3c4ccccc4cc4ccccc34)ccc1C2. The first kappa shape index (κ1) is 17.5. The van der Waals surface area contributed by atoms with Gasteiger partial charge in [0.2, 0.25) is 0 Å². The molecule has 0 saturated heterocycles. The first-order valence-corrected chi connectivity index (χ1v) is 10.8. The summed E-state index contributed by atoms with van der Waals surface area (Å²) in [7, 11) is 0. The summed E-state index contributed by atoms with van der Waals surface area (Å²) in [6.45, 7) is 4.55. The molecule has 0 radical (unpaired) electrons. The van der Waals surface area contributed by atoms with E-state index in [9.17, 15) is 0 Å². The fraction of sp³-hybridized carbons (Fsp3) is 0.133. The van der Waals surface area contributed by atoms with E-state index in [2.05, 4.69) is 105 Å². The third-order valence-electron chi connectivity index (χ3n) is 6.82. The molecule has 0 spiro atoms. The Morgan fingerprint density at radius 1 is 0.633 bits per heavy atom. The zero-order valence-electron chi connectivity index (χ0n) is 17.4. The zero-order chi connectivity index (χ0) is 20.2. The van der Waals surface area contributed by atoms with E-state index in [-0.39, 0.29) is 0 Å². The fourth-order valence-corrected chi connectivity index (χ4v) is 5.25. The summed E-state index contributed by atoms with van der Waals surface area (Å²) in [5.74, 6) is 0.320. The summed E-state index contributed by atoms with van der Waals surface area (Å²) in [5, 5.41) is 5.36. The van der Waals surface area contributed by atoms with Gasteiger partial charge >= 0.3 is 0 Å². The van der Waals surface area contributed by atoms with Crippen LogP contribution in [-0.2, 0) is 6.42 Å². The van der Waals surface area contributed by atoms with Gasteiger partial charge in [-0.25, -0.2) is 0 Å². The van der Waals surface area contributed by atoms with Gasteiger partial charge in [0.05, 0.1) is 0 Å². The monoisotopic (exact) mass is 384 g/mol. The van der Waals surface area contributed by atoms with Gasteiger partial charge in [-0.2, -0.15) is 0 Å². The van der Waals surface area contributed by atoms with Gasteiger partial charge in [0.15, 0.2) is 0 Å². The average Bonchev–Trinajstić information content (AvgIpc) is 3.14.